The van der Waals surface area contributed by atoms with Gasteiger partial charge in [-0.05, 0) is 81.2 Å². The van der Waals surface area contributed by atoms with E-state index in [1.165, 1.54) is 85.5 Å². The lowest BCUT2D eigenvalue weighted by Crippen LogP contribution is -2.28. The van der Waals surface area contributed by atoms with Crippen molar-refractivity contribution in [2.75, 3.05) is 0 Å². The fraction of sp³-hybridized carbons (Fsp3) is 0.0377. The Balaban J connectivity index is 1.22. The zero-order valence-corrected chi connectivity index (χ0v) is 32.0. The fourth-order valence-corrected chi connectivity index (χ4v) is 10.4. The maximum Gasteiger partial charge on any atom is 0.147 e. The topological polar surface area (TPSA) is 29.3 Å². The monoisotopic (exact) mass is 745 g/mol. The van der Waals surface area contributed by atoms with Crippen LogP contribution in [0.2, 0.25) is 0 Å². The van der Waals surface area contributed by atoms with Crippen LogP contribution in [0.3, 0.4) is 0 Å². The lowest BCUT2D eigenvalue weighted by Gasteiger charge is -2.30. The molecule has 1 N–H and O–H groups in total. The molecule has 1 atom stereocenters. The third kappa shape index (κ3) is 4.94. The molecule has 9 aromatic carbocycles. The molecule has 3 heterocycles. The summed E-state index contributed by atoms with van der Waals surface area (Å²) in [7, 11) is 0. The van der Waals surface area contributed by atoms with Gasteiger partial charge < -0.3 is 9.88 Å². The van der Waals surface area contributed by atoms with Crippen molar-refractivity contribution in [3.8, 4) is 5.69 Å². The van der Waals surface area contributed by atoms with Crippen molar-refractivity contribution >= 4 is 97.0 Å². The van der Waals surface area contributed by atoms with Crippen molar-refractivity contribution in [3.05, 3.63) is 204 Å². The van der Waals surface area contributed by atoms with Crippen LogP contribution >= 0.6 is 11.3 Å². The summed E-state index contributed by atoms with van der Waals surface area (Å²) in [5, 5.41) is 16.4. The van der Waals surface area contributed by atoms with Gasteiger partial charge in [-0.15, -0.1) is 11.3 Å². The number of fused-ring (bicyclic) bond motifs is 9. The Hall–Kier alpha value is -7.01. The summed E-state index contributed by atoms with van der Waals surface area (Å²) in [4.78, 5) is 5.70. The van der Waals surface area contributed by atoms with E-state index in [1.54, 1.807) is 0 Å². The summed E-state index contributed by atoms with van der Waals surface area (Å²) in [5.41, 5.74) is 10.2. The van der Waals surface area contributed by atoms with Crippen molar-refractivity contribution in [1.82, 2.24) is 9.88 Å². The second kappa shape index (κ2) is 12.5. The molecule has 11 aromatic rings. The van der Waals surface area contributed by atoms with Crippen molar-refractivity contribution in [1.29, 1.82) is 0 Å². The Morgan fingerprint density at radius 3 is 1.79 bits per heavy atom. The first-order chi connectivity index (χ1) is 28.2. The average Bonchev–Trinajstić information content (AvgIpc) is 3.79. The minimum atomic E-state index is -0.385. The standard InChI is InChI=1S/C53H35N3S/c1-32-50(34-15-3-2-4-16-34)54-53(55-51(32)40-24-13-21-33-14-9-10-22-39(33)40)42-26-27-48-49(41-23-11-12-25-47(41)57-48)52(42)56-45-30-37-19-7-5-17-35(37)28-43(45)44-29-36-18-6-8-20-38(36)31-46(44)56/h2-31,53,55H,1H3. The Labute approximate surface area is 333 Å². The highest BCUT2D eigenvalue weighted by Crippen LogP contribution is 2.46. The molecule has 0 saturated heterocycles. The molecule has 1 aliphatic heterocycles. The van der Waals surface area contributed by atoms with E-state index < -0.39 is 0 Å². The molecule has 0 fully saturated rings. The molecule has 1 unspecified atom stereocenters. The van der Waals surface area contributed by atoms with E-state index in [2.05, 4.69) is 199 Å². The SMILES string of the molecule is CC1=C(c2cccc3ccccc23)NC(c2ccc3sc4ccccc4c3c2-n2c3cc4ccccc4cc3c3cc4ccccc4cc32)N=C1c1ccccc1. The molecule has 57 heavy (non-hydrogen) atoms. The molecule has 2 aromatic heterocycles. The van der Waals surface area contributed by atoms with Crippen LogP contribution < -0.4 is 5.32 Å². The molecule has 0 radical (unpaired) electrons. The second-order valence-corrected chi connectivity index (χ2v) is 16.2. The van der Waals surface area contributed by atoms with Gasteiger partial charge in [0.05, 0.1) is 22.4 Å². The van der Waals surface area contributed by atoms with Gasteiger partial charge in [-0.2, -0.15) is 0 Å². The van der Waals surface area contributed by atoms with Gasteiger partial charge in [-0.1, -0.05) is 146 Å². The molecule has 12 rings (SSSR count). The molecule has 268 valence electrons. The van der Waals surface area contributed by atoms with Gasteiger partial charge in [0, 0.05) is 53.3 Å². The van der Waals surface area contributed by atoms with Crippen LogP contribution in [0.5, 0.6) is 0 Å². The second-order valence-electron chi connectivity index (χ2n) is 15.2. The maximum absolute atomic E-state index is 5.70. The Bertz CT molecular complexity index is 3410. The van der Waals surface area contributed by atoms with E-state index in [0.29, 0.717) is 0 Å². The Morgan fingerprint density at radius 2 is 1.09 bits per heavy atom. The highest BCUT2D eigenvalue weighted by Gasteiger charge is 2.29. The number of aliphatic imine (C=N–C) groups is 1. The Kier molecular flexibility index (Phi) is 7.08. The summed E-state index contributed by atoms with van der Waals surface area (Å²) in [6, 6.07) is 66.6. The summed E-state index contributed by atoms with van der Waals surface area (Å²) < 4.78 is 5.10. The highest BCUT2D eigenvalue weighted by atomic mass is 32.1. The quantitative estimate of drug-likeness (QED) is 0.191. The van der Waals surface area contributed by atoms with Crippen LogP contribution in [0.25, 0.3) is 85.7 Å². The van der Waals surface area contributed by atoms with Crippen molar-refractivity contribution < 1.29 is 0 Å². The van der Waals surface area contributed by atoms with E-state index in [0.717, 1.165) is 28.1 Å². The maximum atomic E-state index is 5.70. The van der Waals surface area contributed by atoms with E-state index >= 15 is 0 Å². The third-order valence-electron chi connectivity index (χ3n) is 11.9. The smallest absolute Gasteiger partial charge is 0.147 e. The molecular weight excluding hydrogens is 711 g/mol. The first-order valence-electron chi connectivity index (χ1n) is 19.6. The first kappa shape index (κ1) is 32.3. The summed E-state index contributed by atoms with van der Waals surface area (Å²) in [5.74, 6) is 0. The van der Waals surface area contributed by atoms with Crippen LogP contribution in [-0.4, -0.2) is 10.3 Å². The van der Waals surface area contributed by atoms with Crippen LogP contribution in [0.1, 0.15) is 29.8 Å². The predicted molar refractivity (Wildman–Crippen MR) is 244 cm³/mol. The zero-order valence-electron chi connectivity index (χ0n) is 31.2. The predicted octanol–water partition coefficient (Wildman–Crippen LogP) is 14.1. The molecule has 0 spiro atoms. The van der Waals surface area contributed by atoms with Crippen molar-refractivity contribution in [3.63, 3.8) is 0 Å². The minimum absolute atomic E-state index is 0.385. The molecular formula is C53H35N3S. The normalized spacial score (nSPS) is 14.8. The van der Waals surface area contributed by atoms with Gasteiger partial charge in [-0.3, -0.25) is 4.99 Å². The molecule has 0 amide bonds. The van der Waals surface area contributed by atoms with Crippen LogP contribution in [0.4, 0.5) is 0 Å². The summed E-state index contributed by atoms with van der Waals surface area (Å²) in [6.45, 7) is 2.21. The average molecular weight is 746 g/mol. The van der Waals surface area contributed by atoms with Crippen LogP contribution in [-0.2, 0) is 0 Å². The molecule has 4 heteroatoms. The number of hydrogen-bond acceptors (Lipinski definition) is 3. The number of nitrogens with zero attached hydrogens (tertiary/aromatic N) is 2. The number of hydrogen-bond donors (Lipinski definition) is 1. The minimum Gasteiger partial charge on any atom is -0.359 e. The lowest BCUT2D eigenvalue weighted by molar-refractivity contribution is 0.658. The van der Waals surface area contributed by atoms with E-state index in [4.69, 9.17) is 4.99 Å². The largest absolute Gasteiger partial charge is 0.359 e. The Morgan fingerprint density at radius 1 is 0.509 bits per heavy atom. The highest BCUT2D eigenvalue weighted by molar-refractivity contribution is 7.25. The van der Waals surface area contributed by atoms with E-state index in [9.17, 15) is 0 Å². The van der Waals surface area contributed by atoms with Gasteiger partial charge in [0.2, 0.25) is 0 Å². The molecule has 1 aliphatic rings. The number of thiophene rings is 1. The lowest BCUT2D eigenvalue weighted by atomic mass is 9.92. The van der Waals surface area contributed by atoms with E-state index in [-0.39, 0.29) is 6.17 Å². The number of benzene rings is 9. The summed E-state index contributed by atoms with van der Waals surface area (Å²) in [6.07, 6.45) is -0.385. The number of aromatic nitrogens is 1. The molecule has 0 saturated carbocycles. The van der Waals surface area contributed by atoms with Crippen LogP contribution in [0.15, 0.2) is 193 Å². The van der Waals surface area contributed by atoms with Gasteiger partial charge in [-0.25, -0.2) is 0 Å². The number of allylic oxidation sites excluding steroid dienone is 1. The molecule has 0 bridgehead atoms. The third-order valence-corrected chi connectivity index (χ3v) is 13.1. The number of rotatable bonds is 4. The fourth-order valence-electron chi connectivity index (χ4n) is 9.28. The number of nitrogens with one attached hydrogen (secondary N) is 1. The zero-order chi connectivity index (χ0) is 37.6. The van der Waals surface area contributed by atoms with Crippen LogP contribution in [0, 0.1) is 0 Å². The van der Waals surface area contributed by atoms with E-state index in [1.807, 2.05) is 11.3 Å². The van der Waals surface area contributed by atoms with Crippen molar-refractivity contribution in [2.24, 2.45) is 4.99 Å². The molecule has 3 nitrogen and oxygen atoms in total. The molecule has 0 aliphatic carbocycles. The van der Waals surface area contributed by atoms with Gasteiger partial charge in [0.1, 0.15) is 6.17 Å². The first-order valence-corrected chi connectivity index (χ1v) is 20.4. The summed E-state index contributed by atoms with van der Waals surface area (Å²) >= 11 is 1.86. The van der Waals surface area contributed by atoms with Crippen molar-refractivity contribution in [2.45, 2.75) is 13.1 Å². The van der Waals surface area contributed by atoms with Gasteiger partial charge >= 0.3 is 0 Å². The van der Waals surface area contributed by atoms with Gasteiger partial charge in [0.25, 0.3) is 0 Å². The van der Waals surface area contributed by atoms with Gasteiger partial charge in [0.15, 0.2) is 0 Å².